The number of amides is 1. The highest BCUT2D eigenvalue weighted by Crippen LogP contribution is 2.54. The van der Waals surface area contributed by atoms with Crippen LogP contribution in [-0.2, 0) is 4.79 Å². The molecule has 0 aromatic carbocycles. The second-order valence-corrected chi connectivity index (χ2v) is 6.33. The Labute approximate surface area is 102 Å². The molecule has 0 radical (unpaired) electrons. The molecular weight excluding hydrogens is 220 g/mol. The topological polar surface area (TPSA) is 55.1 Å². The first-order valence-corrected chi connectivity index (χ1v) is 6.38. The van der Waals surface area contributed by atoms with E-state index < -0.39 is 0 Å². The Morgan fingerprint density at radius 1 is 1.38 bits per heavy atom. The van der Waals surface area contributed by atoms with Crippen LogP contribution >= 0.6 is 12.2 Å². The lowest BCUT2D eigenvalue weighted by molar-refractivity contribution is -0.125. The molecule has 2 unspecified atom stereocenters. The summed E-state index contributed by atoms with van der Waals surface area (Å²) in [6.07, 6.45) is 3.52. The van der Waals surface area contributed by atoms with E-state index in [2.05, 4.69) is 5.32 Å². The average molecular weight is 240 g/mol. The molecule has 2 fully saturated rings. The molecule has 0 saturated heterocycles. The predicted molar refractivity (Wildman–Crippen MR) is 67.9 cm³/mol. The molecule has 2 aliphatic rings. The number of carbonyl (C=O) groups is 1. The number of hydrogen-bond acceptors (Lipinski definition) is 2. The van der Waals surface area contributed by atoms with E-state index in [4.69, 9.17) is 18.0 Å². The SMILES string of the molecule is CC(C)(CNC(=O)C1CC2CC2C1)C(N)=S. The Balaban J connectivity index is 1.77. The van der Waals surface area contributed by atoms with Crippen molar-refractivity contribution in [1.29, 1.82) is 0 Å². The lowest BCUT2D eigenvalue weighted by Gasteiger charge is -2.24. The number of hydrogen-bond donors (Lipinski definition) is 2. The first-order valence-electron chi connectivity index (χ1n) is 5.98. The minimum absolute atomic E-state index is 0.191. The molecule has 0 aromatic heterocycles. The zero-order valence-electron chi connectivity index (χ0n) is 9.95. The van der Waals surface area contributed by atoms with Gasteiger partial charge in [-0.2, -0.15) is 0 Å². The highest BCUT2D eigenvalue weighted by atomic mass is 32.1. The summed E-state index contributed by atoms with van der Waals surface area (Å²) < 4.78 is 0. The van der Waals surface area contributed by atoms with Crippen molar-refractivity contribution in [3.8, 4) is 0 Å². The van der Waals surface area contributed by atoms with E-state index in [1.165, 1.54) is 6.42 Å². The molecule has 0 heterocycles. The van der Waals surface area contributed by atoms with Crippen molar-refractivity contribution >= 4 is 23.1 Å². The van der Waals surface area contributed by atoms with Crippen LogP contribution in [0.4, 0.5) is 0 Å². The summed E-state index contributed by atoms with van der Waals surface area (Å²) >= 11 is 4.97. The van der Waals surface area contributed by atoms with Gasteiger partial charge in [0.15, 0.2) is 0 Å². The third-order valence-electron chi connectivity index (χ3n) is 3.99. The lowest BCUT2D eigenvalue weighted by Crippen LogP contribution is -2.43. The third kappa shape index (κ3) is 2.37. The molecular formula is C12H20N2OS. The Bertz CT molecular complexity index is 317. The first-order chi connectivity index (χ1) is 7.40. The number of nitrogens with two attached hydrogens (primary N) is 1. The molecule has 4 heteroatoms. The van der Waals surface area contributed by atoms with Crippen LogP contribution in [0.25, 0.3) is 0 Å². The van der Waals surface area contributed by atoms with E-state index in [1.54, 1.807) is 0 Å². The quantitative estimate of drug-likeness (QED) is 0.732. The van der Waals surface area contributed by atoms with Crippen molar-refractivity contribution in [3.05, 3.63) is 0 Å². The first kappa shape index (κ1) is 11.8. The van der Waals surface area contributed by atoms with Gasteiger partial charge in [-0.15, -0.1) is 0 Å². The molecule has 0 bridgehead atoms. The standard InChI is InChI=1S/C12H20N2OS/c1-12(2,11(13)16)6-14-10(15)9-4-7-3-8(7)5-9/h7-9H,3-6H2,1-2H3,(H2,13,16)(H,14,15). The smallest absolute Gasteiger partial charge is 0.223 e. The van der Waals surface area contributed by atoms with Crippen LogP contribution in [-0.4, -0.2) is 17.4 Å². The number of carbonyl (C=O) groups excluding carboxylic acids is 1. The van der Waals surface area contributed by atoms with Crippen molar-refractivity contribution in [1.82, 2.24) is 5.32 Å². The van der Waals surface area contributed by atoms with Gasteiger partial charge in [0.2, 0.25) is 5.91 Å². The van der Waals surface area contributed by atoms with Gasteiger partial charge in [-0.1, -0.05) is 26.1 Å². The van der Waals surface area contributed by atoms with Gasteiger partial charge >= 0.3 is 0 Å². The van der Waals surface area contributed by atoms with Crippen LogP contribution in [0.15, 0.2) is 0 Å². The van der Waals surface area contributed by atoms with Gasteiger partial charge in [-0.05, 0) is 31.1 Å². The van der Waals surface area contributed by atoms with Crippen LogP contribution in [0.3, 0.4) is 0 Å². The van der Waals surface area contributed by atoms with E-state index in [9.17, 15) is 4.79 Å². The van der Waals surface area contributed by atoms with Gasteiger partial charge < -0.3 is 11.1 Å². The van der Waals surface area contributed by atoms with Crippen LogP contribution < -0.4 is 11.1 Å². The fourth-order valence-corrected chi connectivity index (χ4v) is 2.54. The fraction of sp³-hybridized carbons (Fsp3) is 0.833. The summed E-state index contributed by atoms with van der Waals surface area (Å²) in [5.41, 5.74) is 5.33. The molecule has 0 aliphatic heterocycles. The third-order valence-corrected chi connectivity index (χ3v) is 4.54. The summed E-state index contributed by atoms with van der Waals surface area (Å²) in [7, 11) is 0. The van der Waals surface area contributed by atoms with E-state index in [1.807, 2.05) is 13.8 Å². The predicted octanol–water partition coefficient (Wildman–Crippen LogP) is 1.46. The fourth-order valence-electron chi connectivity index (χ4n) is 2.47. The lowest BCUT2D eigenvalue weighted by atomic mass is 9.93. The molecule has 1 amide bonds. The Morgan fingerprint density at radius 3 is 2.44 bits per heavy atom. The van der Waals surface area contributed by atoms with Gasteiger partial charge in [-0.25, -0.2) is 0 Å². The summed E-state index contributed by atoms with van der Waals surface area (Å²) in [5.74, 6) is 2.13. The van der Waals surface area contributed by atoms with E-state index >= 15 is 0 Å². The summed E-state index contributed by atoms with van der Waals surface area (Å²) in [6, 6.07) is 0. The maximum atomic E-state index is 11.9. The van der Waals surface area contributed by atoms with Crippen molar-refractivity contribution in [2.45, 2.75) is 33.1 Å². The summed E-state index contributed by atoms with van der Waals surface area (Å²) in [6.45, 7) is 4.47. The molecule has 2 aliphatic carbocycles. The molecule has 2 atom stereocenters. The molecule has 0 spiro atoms. The van der Waals surface area contributed by atoms with E-state index in [-0.39, 0.29) is 17.2 Å². The monoisotopic (exact) mass is 240 g/mol. The number of fused-ring (bicyclic) bond motifs is 1. The number of thiocarbonyl (C=S) groups is 1. The zero-order chi connectivity index (χ0) is 11.9. The van der Waals surface area contributed by atoms with Crippen LogP contribution in [0.1, 0.15) is 33.1 Å². The maximum Gasteiger partial charge on any atom is 0.223 e. The van der Waals surface area contributed by atoms with Gasteiger partial charge in [0.05, 0.1) is 4.99 Å². The van der Waals surface area contributed by atoms with Gasteiger partial charge in [-0.3, -0.25) is 4.79 Å². The normalized spacial score (nSPS) is 32.0. The molecule has 2 rings (SSSR count). The summed E-state index contributed by atoms with van der Waals surface area (Å²) in [5, 5.41) is 2.98. The second-order valence-electron chi connectivity index (χ2n) is 5.89. The van der Waals surface area contributed by atoms with Gasteiger partial charge in [0.25, 0.3) is 0 Å². The largest absolute Gasteiger partial charge is 0.393 e. The Morgan fingerprint density at radius 2 is 1.94 bits per heavy atom. The average Bonchev–Trinajstić information content (AvgIpc) is 2.82. The highest BCUT2D eigenvalue weighted by molar-refractivity contribution is 7.80. The van der Waals surface area contributed by atoms with E-state index in [0.29, 0.717) is 11.5 Å². The zero-order valence-corrected chi connectivity index (χ0v) is 10.8. The maximum absolute atomic E-state index is 11.9. The van der Waals surface area contributed by atoms with Crippen LogP contribution in [0.2, 0.25) is 0 Å². The molecule has 3 nitrogen and oxygen atoms in total. The molecule has 0 aromatic rings. The van der Waals surface area contributed by atoms with Gasteiger partial charge in [0, 0.05) is 17.9 Å². The van der Waals surface area contributed by atoms with E-state index in [0.717, 1.165) is 24.7 Å². The van der Waals surface area contributed by atoms with Crippen molar-refractivity contribution in [3.63, 3.8) is 0 Å². The minimum Gasteiger partial charge on any atom is -0.393 e. The molecule has 90 valence electrons. The van der Waals surface area contributed by atoms with Gasteiger partial charge in [0.1, 0.15) is 0 Å². The second kappa shape index (κ2) is 3.99. The van der Waals surface area contributed by atoms with Crippen LogP contribution in [0, 0.1) is 23.2 Å². The molecule has 16 heavy (non-hydrogen) atoms. The number of nitrogens with one attached hydrogen (secondary N) is 1. The highest BCUT2D eigenvalue weighted by Gasteiger charge is 2.48. The Hall–Kier alpha value is -0.640. The minimum atomic E-state index is -0.285. The molecule has 2 saturated carbocycles. The summed E-state index contributed by atoms with van der Waals surface area (Å²) in [4.78, 5) is 12.3. The number of rotatable bonds is 4. The molecule has 3 N–H and O–H groups in total. The Kier molecular flexibility index (Phi) is 2.95. The van der Waals surface area contributed by atoms with Crippen LogP contribution in [0.5, 0.6) is 0 Å². The van der Waals surface area contributed by atoms with Crippen molar-refractivity contribution in [2.24, 2.45) is 28.9 Å². The van der Waals surface area contributed by atoms with Crippen molar-refractivity contribution < 1.29 is 4.79 Å². The van der Waals surface area contributed by atoms with Crippen molar-refractivity contribution in [2.75, 3.05) is 6.54 Å².